The van der Waals surface area contributed by atoms with E-state index in [0.29, 0.717) is 35.8 Å². The predicted molar refractivity (Wildman–Crippen MR) is 103 cm³/mol. The van der Waals surface area contributed by atoms with E-state index in [4.69, 9.17) is 14.2 Å². The van der Waals surface area contributed by atoms with Crippen LogP contribution in [0.5, 0.6) is 11.5 Å². The molecule has 0 fully saturated rings. The molecule has 0 spiro atoms. The summed E-state index contributed by atoms with van der Waals surface area (Å²) in [5.74, 6) is 0.402. The maximum atomic E-state index is 12.3. The second kappa shape index (κ2) is 10.4. The highest BCUT2D eigenvalue weighted by Gasteiger charge is 2.12. The molecule has 27 heavy (non-hydrogen) atoms. The Hall–Kier alpha value is -2.82. The Balaban J connectivity index is 1.95. The Labute approximate surface area is 160 Å². The van der Waals surface area contributed by atoms with Crippen LogP contribution in [0, 0.1) is 5.92 Å². The average molecular weight is 370 g/mol. The maximum Gasteiger partial charge on any atom is 0.343 e. The lowest BCUT2D eigenvalue weighted by Crippen LogP contribution is -2.11. The third kappa shape index (κ3) is 6.77. The number of carbonyl (C=O) groups is 2. The Morgan fingerprint density at radius 1 is 0.926 bits per heavy atom. The Bertz CT molecular complexity index is 750. The fraction of sp³-hybridized carbons (Fsp3) is 0.364. The molecule has 0 aliphatic rings. The topological polar surface area (TPSA) is 61.8 Å². The first-order valence-corrected chi connectivity index (χ1v) is 9.21. The molecule has 144 valence electrons. The van der Waals surface area contributed by atoms with Crippen molar-refractivity contribution < 1.29 is 23.8 Å². The van der Waals surface area contributed by atoms with Gasteiger partial charge in [-0.15, -0.1) is 0 Å². The first-order valence-electron chi connectivity index (χ1n) is 9.21. The summed E-state index contributed by atoms with van der Waals surface area (Å²) in [6.07, 6.45) is 2.00. The van der Waals surface area contributed by atoms with E-state index in [9.17, 15) is 9.59 Å². The van der Waals surface area contributed by atoms with Crippen LogP contribution in [-0.4, -0.2) is 25.2 Å². The molecule has 0 heterocycles. The van der Waals surface area contributed by atoms with Crippen LogP contribution in [0.15, 0.2) is 48.5 Å². The number of ether oxygens (including phenoxy) is 3. The van der Waals surface area contributed by atoms with Crippen molar-refractivity contribution in [2.24, 2.45) is 5.92 Å². The highest BCUT2D eigenvalue weighted by Crippen LogP contribution is 2.18. The molecule has 0 amide bonds. The number of esters is 2. The van der Waals surface area contributed by atoms with Gasteiger partial charge >= 0.3 is 11.9 Å². The van der Waals surface area contributed by atoms with Gasteiger partial charge in [0.1, 0.15) is 11.5 Å². The van der Waals surface area contributed by atoms with Crippen molar-refractivity contribution in [2.75, 3.05) is 13.2 Å². The van der Waals surface area contributed by atoms with E-state index in [1.807, 2.05) is 19.9 Å². The van der Waals surface area contributed by atoms with E-state index in [1.165, 1.54) is 0 Å². The van der Waals surface area contributed by atoms with E-state index in [2.05, 4.69) is 6.92 Å². The summed E-state index contributed by atoms with van der Waals surface area (Å²) in [7, 11) is 0. The number of unbranched alkanes of at least 4 members (excludes halogenated alkanes) is 1. The van der Waals surface area contributed by atoms with Gasteiger partial charge in [-0.05, 0) is 54.8 Å². The quantitative estimate of drug-likeness (QED) is 0.357. The summed E-state index contributed by atoms with van der Waals surface area (Å²) in [5, 5.41) is 0. The van der Waals surface area contributed by atoms with Crippen LogP contribution >= 0.6 is 0 Å². The lowest BCUT2D eigenvalue weighted by molar-refractivity contribution is 0.0459. The smallest absolute Gasteiger partial charge is 0.343 e. The van der Waals surface area contributed by atoms with E-state index in [0.717, 1.165) is 12.8 Å². The first kappa shape index (κ1) is 20.5. The summed E-state index contributed by atoms with van der Waals surface area (Å²) in [6.45, 7) is 7.02. The van der Waals surface area contributed by atoms with Crippen molar-refractivity contribution in [2.45, 2.75) is 33.6 Å². The van der Waals surface area contributed by atoms with Gasteiger partial charge in [0.05, 0.1) is 24.3 Å². The van der Waals surface area contributed by atoms with Gasteiger partial charge in [-0.1, -0.05) is 33.3 Å². The molecule has 2 rings (SSSR count). The van der Waals surface area contributed by atoms with Crippen molar-refractivity contribution in [1.29, 1.82) is 0 Å². The molecular formula is C22H26O5. The van der Waals surface area contributed by atoms with Crippen molar-refractivity contribution in [3.8, 4) is 11.5 Å². The van der Waals surface area contributed by atoms with Crippen LogP contribution in [0.2, 0.25) is 0 Å². The van der Waals surface area contributed by atoms with Crippen molar-refractivity contribution in [3.63, 3.8) is 0 Å². The van der Waals surface area contributed by atoms with Crippen molar-refractivity contribution in [1.82, 2.24) is 0 Å². The molecule has 0 atom stereocenters. The van der Waals surface area contributed by atoms with Gasteiger partial charge in [0.15, 0.2) is 0 Å². The van der Waals surface area contributed by atoms with Crippen molar-refractivity contribution >= 4 is 11.9 Å². The number of carbonyl (C=O) groups excluding carboxylic acids is 2. The summed E-state index contributed by atoms with van der Waals surface area (Å²) in [6, 6.07) is 13.2. The normalized spacial score (nSPS) is 10.5. The van der Waals surface area contributed by atoms with Crippen LogP contribution in [0.1, 0.15) is 54.3 Å². The van der Waals surface area contributed by atoms with Gasteiger partial charge in [-0.3, -0.25) is 0 Å². The molecule has 0 saturated heterocycles. The molecule has 0 radical (unpaired) electrons. The van der Waals surface area contributed by atoms with Crippen LogP contribution in [0.3, 0.4) is 0 Å². The molecule has 0 saturated carbocycles. The second-order valence-corrected chi connectivity index (χ2v) is 6.64. The van der Waals surface area contributed by atoms with Gasteiger partial charge in [0.25, 0.3) is 0 Å². The second-order valence-electron chi connectivity index (χ2n) is 6.64. The van der Waals surface area contributed by atoms with Crippen LogP contribution in [0.25, 0.3) is 0 Å². The minimum Gasteiger partial charge on any atom is -0.494 e. The van der Waals surface area contributed by atoms with Crippen LogP contribution in [-0.2, 0) is 4.74 Å². The molecule has 0 unspecified atom stereocenters. The lowest BCUT2D eigenvalue weighted by Gasteiger charge is -2.09. The maximum absolute atomic E-state index is 12.3. The number of hydrogen-bond donors (Lipinski definition) is 0. The third-order valence-electron chi connectivity index (χ3n) is 3.68. The number of benzene rings is 2. The standard InChI is InChI=1S/C22H26O5/c1-4-5-13-25-20-8-6-7-18(14-20)22(24)27-19-11-9-17(10-12-19)21(23)26-15-16(2)3/h6-12,14,16H,4-5,13,15H2,1-3H3. The molecule has 2 aromatic carbocycles. The summed E-state index contributed by atoms with van der Waals surface area (Å²) in [5.41, 5.74) is 0.825. The molecule has 0 bridgehead atoms. The predicted octanol–water partition coefficient (Wildman–Crippen LogP) is 4.90. The summed E-state index contributed by atoms with van der Waals surface area (Å²) >= 11 is 0. The number of rotatable bonds is 9. The fourth-order valence-electron chi connectivity index (χ4n) is 2.20. The fourth-order valence-corrected chi connectivity index (χ4v) is 2.20. The largest absolute Gasteiger partial charge is 0.494 e. The SMILES string of the molecule is CCCCOc1cccc(C(=O)Oc2ccc(C(=O)OCC(C)C)cc2)c1. The molecule has 2 aromatic rings. The zero-order chi connectivity index (χ0) is 19.6. The summed E-state index contributed by atoms with van der Waals surface area (Å²) < 4.78 is 16.2. The molecule has 0 aliphatic carbocycles. The Morgan fingerprint density at radius 3 is 2.33 bits per heavy atom. The Kier molecular flexibility index (Phi) is 7.86. The molecule has 5 nitrogen and oxygen atoms in total. The van der Waals surface area contributed by atoms with E-state index >= 15 is 0 Å². The minimum absolute atomic E-state index is 0.274. The van der Waals surface area contributed by atoms with E-state index in [1.54, 1.807) is 42.5 Å². The highest BCUT2D eigenvalue weighted by molar-refractivity contribution is 5.92. The van der Waals surface area contributed by atoms with Gasteiger partial charge in [-0.2, -0.15) is 0 Å². The van der Waals surface area contributed by atoms with Gasteiger partial charge < -0.3 is 14.2 Å². The first-order chi connectivity index (χ1) is 13.0. The van der Waals surface area contributed by atoms with Gasteiger partial charge in [-0.25, -0.2) is 9.59 Å². The minimum atomic E-state index is -0.480. The van der Waals surface area contributed by atoms with Crippen LogP contribution in [0.4, 0.5) is 0 Å². The van der Waals surface area contributed by atoms with Gasteiger partial charge in [0, 0.05) is 0 Å². The third-order valence-corrected chi connectivity index (χ3v) is 3.68. The molecule has 0 N–H and O–H groups in total. The monoisotopic (exact) mass is 370 g/mol. The Morgan fingerprint density at radius 2 is 1.67 bits per heavy atom. The molecule has 5 heteroatoms. The van der Waals surface area contributed by atoms with E-state index < -0.39 is 11.9 Å². The molecule has 0 aliphatic heterocycles. The summed E-state index contributed by atoms with van der Waals surface area (Å²) in [4.78, 5) is 24.2. The van der Waals surface area contributed by atoms with Crippen LogP contribution < -0.4 is 9.47 Å². The zero-order valence-electron chi connectivity index (χ0n) is 16.1. The van der Waals surface area contributed by atoms with Gasteiger partial charge in [0.2, 0.25) is 0 Å². The van der Waals surface area contributed by atoms with E-state index in [-0.39, 0.29) is 5.92 Å². The number of hydrogen-bond acceptors (Lipinski definition) is 5. The zero-order valence-corrected chi connectivity index (χ0v) is 16.1. The molecule has 0 aromatic heterocycles. The highest BCUT2D eigenvalue weighted by atomic mass is 16.5. The molecular weight excluding hydrogens is 344 g/mol. The average Bonchev–Trinajstić information content (AvgIpc) is 2.67. The lowest BCUT2D eigenvalue weighted by atomic mass is 10.2. The van der Waals surface area contributed by atoms with Crippen molar-refractivity contribution in [3.05, 3.63) is 59.7 Å².